The van der Waals surface area contributed by atoms with Gasteiger partial charge in [0.15, 0.2) is 23.0 Å². The van der Waals surface area contributed by atoms with Crippen molar-refractivity contribution in [2.24, 2.45) is 5.92 Å². The van der Waals surface area contributed by atoms with Crippen molar-refractivity contribution in [3.05, 3.63) is 76.7 Å². The van der Waals surface area contributed by atoms with Crippen LogP contribution in [0.15, 0.2) is 53.1 Å². The lowest BCUT2D eigenvalue weighted by Crippen LogP contribution is -2.34. The number of amides is 2. The Bertz CT molecular complexity index is 1240. The highest BCUT2D eigenvalue weighted by atomic mass is 16.7. The molecular formula is C29H35N3O5. The second kappa shape index (κ2) is 11.1. The van der Waals surface area contributed by atoms with Crippen molar-refractivity contribution in [2.75, 3.05) is 13.3 Å². The Hall–Kier alpha value is -3.81. The topological polar surface area (TPSA) is 93.9 Å². The first-order valence-electron chi connectivity index (χ1n) is 12.7. The Labute approximate surface area is 217 Å². The lowest BCUT2D eigenvalue weighted by molar-refractivity contribution is 0.0699. The maximum absolute atomic E-state index is 13.4. The van der Waals surface area contributed by atoms with E-state index >= 15 is 0 Å². The van der Waals surface area contributed by atoms with Gasteiger partial charge in [0.05, 0.1) is 6.54 Å². The van der Waals surface area contributed by atoms with E-state index in [9.17, 15) is 9.59 Å². The molecule has 4 rings (SSSR count). The van der Waals surface area contributed by atoms with Crippen molar-refractivity contribution >= 4 is 11.8 Å². The van der Waals surface area contributed by atoms with Gasteiger partial charge < -0.3 is 24.2 Å². The van der Waals surface area contributed by atoms with Crippen molar-refractivity contribution < 1.29 is 23.6 Å². The van der Waals surface area contributed by atoms with Crippen molar-refractivity contribution in [3.8, 4) is 11.5 Å². The van der Waals surface area contributed by atoms with Gasteiger partial charge in [0.25, 0.3) is 11.8 Å². The summed E-state index contributed by atoms with van der Waals surface area (Å²) in [5, 5.41) is 6.78. The van der Waals surface area contributed by atoms with Crippen LogP contribution in [0.25, 0.3) is 0 Å². The smallest absolute Gasteiger partial charge is 0.273 e. The monoisotopic (exact) mass is 505 g/mol. The summed E-state index contributed by atoms with van der Waals surface area (Å²) in [4.78, 5) is 27.8. The number of nitrogens with one attached hydrogen (secondary N) is 1. The van der Waals surface area contributed by atoms with E-state index in [-0.39, 0.29) is 36.3 Å². The second-order valence-electron chi connectivity index (χ2n) is 10.6. The van der Waals surface area contributed by atoms with Gasteiger partial charge >= 0.3 is 0 Å². The molecule has 3 aromatic rings. The zero-order valence-corrected chi connectivity index (χ0v) is 22.2. The van der Waals surface area contributed by atoms with Crippen LogP contribution in [0.5, 0.6) is 11.5 Å². The van der Waals surface area contributed by atoms with Gasteiger partial charge in [-0.1, -0.05) is 64.4 Å². The molecule has 1 atom stereocenters. The SMILES string of the molecule is CCC(C)CN(Cc1cc(C(=O)NCc2ccc3c(c2)OCO3)no1)C(=O)c1ccc(C(C)(C)C)cc1. The molecule has 0 aliphatic carbocycles. The van der Waals surface area contributed by atoms with Crippen LogP contribution in [-0.4, -0.2) is 35.2 Å². The molecule has 2 heterocycles. The molecule has 1 N–H and O–H groups in total. The average molecular weight is 506 g/mol. The summed E-state index contributed by atoms with van der Waals surface area (Å²) in [6.45, 7) is 12.0. The molecule has 0 bridgehead atoms. The van der Waals surface area contributed by atoms with Gasteiger partial charge in [-0.25, -0.2) is 0 Å². The average Bonchev–Trinajstić information content (AvgIpc) is 3.55. The molecule has 0 saturated carbocycles. The fraction of sp³-hybridized carbons (Fsp3) is 0.414. The molecule has 2 aromatic carbocycles. The van der Waals surface area contributed by atoms with Gasteiger partial charge in [0, 0.05) is 24.7 Å². The first-order chi connectivity index (χ1) is 17.6. The predicted molar refractivity (Wildman–Crippen MR) is 140 cm³/mol. The molecule has 1 aromatic heterocycles. The van der Waals surface area contributed by atoms with Crippen LogP contribution >= 0.6 is 0 Å². The third-order valence-electron chi connectivity index (χ3n) is 6.54. The van der Waals surface area contributed by atoms with E-state index in [1.54, 1.807) is 11.0 Å². The number of hydrogen-bond donors (Lipinski definition) is 1. The van der Waals surface area contributed by atoms with Crippen molar-refractivity contribution in [1.29, 1.82) is 0 Å². The molecule has 1 aliphatic rings. The molecule has 0 radical (unpaired) electrons. The zero-order valence-electron chi connectivity index (χ0n) is 22.2. The molecule has 8 heteroatoms. The Balaban J connectivity index is 1.41. The number of aromatic nitrogens is 1. The van der Waals surface area contributed by atoms with E-state index in [4.69, 9.17) is 14.0 Å². The minimum atomic E-state index is -0.356. The number of carbonyl (C=O) groups excluding carboxylic acids is 2. The van der Waals surface area contributed by atoms with Crippen molar-refractivity contribution in [1.82, 2.24) is 15.4 Å². The summed E-state index contributed by atoms with van der Waals surface area (Å²) in [5.74, 6) is 1.69. The normalized spacial score (nSPS) is 13.3. The number of hydrogen-bond acceptors (Lipinski definition) is 6. The zero-order chi connectivity index (χ0) is 26.6. The molecule has 2 amide bonds. The third-order valence-corrected chi connectivity index (χ3v) is 6.54. The number of ether oxygens (including phenoxy) is 2. The fourth-order valence-corrected chi connectivity index (χ4v) is 4.03. The number of fused-ring (bicyclic) bond motifs is 1. The molecule has 0 saturated heterocycles. The standard InChI is InChI=1S/C29H35N3O5/c1-6-19(2)16-32(28(34)21-8-10-22(11-9-21)29(3,4)5)17-23-14-24(31-37-23)27(33)30-15-20-7-12-25-26(13-20)36-18-35-25/h7-14,19H,6,15-18H2,1-5H3,(H,30,33). The predicted octanol–water partition coefficient (Wildman–Crippen LogP) is 5.32. The van der Waals surface area contributed by atoms with Crippen molar-refractivity contribution in [2.45, 2.75) is 59.5 Å². The minimum Gasteiger partial charge on any atom is -0.454 e. The van der Waals surface area contributed by atoms with Crippen LogP contribution in [0.3, 0.4) is 0 Å². The van der Waals surface area contributed by atoms with Crippen LogP contribution < -0.4 is 14.8 Å². The highest BCUT2D eigenvalue weighted by molar-refractivity contribution is 5.94. The van der Waals surface area contributed by atoms with Crippen LogP contribution in [0.4, 0.5) is 0 Å². The first kappa shape index (κ1) is 26.3. The first-order valence-corrected chi connectivity index (χ1v) is 12.7. The van der Waals surface area contributed by atoms with Gasteiger partial charge in [-0.05, 0) is 46.7 Å². The van der Waals surface area contributed by atoms with Crippen molar-refractivity contribution in [3.63, 3.8) is 0 Å². The summed E-state index contributed by atoms with van der Waals surface area (Å²) in [6, 6.07) is 14.9. The lowest BCUT2D eigenvalue weighted by atomic mass is 9.86. The van der Waals surface area contributed by atoms with Crippen LogP contribution in [-0.2, 0) is 18.5 Å². The Morgan fingerprint density at radius 1 is 1.05 bits per heavy atom. The summed E-state index contributed by atoms with van der Waals surface area (Å²) < 4.78 is 16.2. The van der Waals surface area contributed by atoms with Crippen LogP contribution in [0, 0.1) is 5.92 Å². The van der Waals surface area contributed by atoms with Gasteiger partial charge in [-0.2, -0.15) is 0 Å². The Morgan fingerprint density at radius 2 is 1.78 bits per heavy atom. The molecule has 1 aliphatic heterocycles. The maximum atomic E-state index is 13.4. The largest absolute Gasteiger partial charge is 0.454 e. The molecule has 196 valence electrons. The van der Waals surface area contributed by atoms with E-state index in [0.29, 0.717) is 41.8 Å². The molecule has 8 nitrogen and oxygen atoms in total. The van der Waals surface area contributed by atoms with E-state index in [0.717, 1.165) is 12.0 Å². The van der Waals surface area contributed by atoms with Gasteiger partial charge in [-0.3, -0.25) is 9.59 Å². The van der Waals surface area contributed by atoms with Gasteiger partial charge in [0.2, 0.25) is 6.79 Å². The summed E-state index contributed by atoms with van der Waals surface area (Å²) >= 11 is 0. The van der Waals surface area contributed by atoms with Crippen LogP contribution in [0.1, 0.15) is 78.8 Å². The highest BCUT2D eigenvalue weighted by Gasteiger charge is 2.22. The third kappa shape index (κ3) is 6.50. The lowest BCUT2D eigenvalue weighted by Gasteiger charge is -2.25. The number of nitrogens with zero attached hydrogens (tertiary/aromatic N) is 2. The molecular weight excluding hydrogens is 470 g/mol. The molecule has 0 spiro atoms. The molecule has 37 heavy (non-hydrogen) atoms. The highest BCUT2D eigenvalue weighted by Crippen LogP contribution is 2.32. The summed E-state index contributed by atoms with van der Waals surface area (Å²) in [6.07, 6.45) is 0.941. The van der Waals surface area contributed by atoms with Gasteiger partial charge in [0.1, 0.15) is 0 Å². The fourth-order valence-electron chi connectivity index (χ4n) is 4.03. The van der Waals surface area contributed by atoms with E-state index < -0.39 is 0 Å². The van der Waals surface area contributed by atoms with Gasteiger partial charge in [-0.15, -0.1) is 0 Å². The minimum absolute atomic E-state index is 0.0114. The Kier molecular flexibility index (Phi) is 7.86. The number of carbonyl (C=O) groups is 2. The number of rotatable bonds is 9. The summed E-state index contributed by atoms with van der Waals surface area (Å²) in [5.41, 5.74) is 2.85. The molecule has 0 fully saturated rings. The Morgan fingerprint density at radius 3 is 2.49 bits per heavy atom. The van der Waals surface area contributed by atoms with Crippen LogP contribution in [0.2, 0.25) is 0 Å². The van der Waals surface area contributed by atoms with E-state index in [2.05, 4.69) is 45.1 Å². The quantitative estimate of drug-likeness (QED) is 0.423. The molecule has 1 unspecified atom stereocenters. The van der Waals surface area contributed by atoms with E-state index in [1.807, 2.05) is 42.5 Å². The number of benzene rings is 2. The van der Waals surface area contributed by atoms with E-state index in [1.165, 1.54) is 5.56 Å². The summed E-state index contributed by atoms with van der Waals surface area (Å²) in [7, 11) is 0. The maximum Gasteiger partial charge on any atom is 0.273 e. The second-order valence-corrected chi connectivity index (χ2v) is 10.6.